The predicted octanol–water partition coefficient (Wildman–Crippen LogP) is 2.11. The summed E-state index contributed by atoms with van der Waals surface area (Å²) in [5.74, 6) is 1.21. The van der Waals surface area contributed by atoms with Gasteiger partial charge in [-0.05, 0) is 26.0 Å². The van der Waals surface area contributed by atoms with Crippen LogP contribution < -0.4 is 5.73 Å². The van der Waals surface area contributed by atoms with Gasteiger partial charge in [0.2, 0.25) is 0 Å². The molecule has 74 valence electrons. The lowest BCUT2D eigenvalue weighted by Gasteiger charge is -2.21. The molecule has 1 aromatic heterocycles. The van der Waals surface area contributed by atoms with Crippen LogP contribution in [0, 0.1) is 6.92 Å². The number of hydrogen-bond acceptors (Lipinski definition) is 2. The van der Waals surface area contributed by atoms with Gasteiger partial charge >= 0.3 is 0 Å². The van der Waals surface area contributed by atoms with Crippen LogP contribution in [-0.2, 0) is 6.42 Å². The fourth-order valence-corrected chi connectivity index (χ4v) is 1.03. The second-order valence-corrected chi connectivity index (χ2v) is 3.50. The summed E-state index contributed by atoms with van der Waals surface area (Å²) in [5.41, 5.74) is 3.88. The van der Waals surface area contributed by atoms with Gasteiger partial charge in [-0.1, -0.05) is 0 Å². The Bertz CT molecular complexity index is 281. The molecule has 1 heterocycles. The van der Waals surface area contributed by atoms with Crippen LogP contribution in [-0.4, -0.2) is 12.0 Å². The standard InChI is InChI=1S/C9H13F2NO/c1-6-3-4-7(13-6)5-9(2,12)8(10)11/h3-4,8H,5,12H2,1-2H3. The average Bonchev–Trinajstić information content (AvgIpc) is 2.34. The molecular weight excluding hydrogens is 176 g/mol. The number of halogens is 2. The number of nitrogens with two attached hydrogens (primary N) is 1. The van der Waals surface area contributed by atoms with Gasteiger partial charge in [-0.25, -0.2) is 8.78 Å². The van der Waals surface area contributed by atoms with E-state index in [0.717, 1.165) is 0 Å². The van der Waals surface area contributed by atoms with E-state index in [-0.39, 0.29) is 6.42 Å². The van der Waals surface area contributed by atoms with E-state index in [1.54, 1.807) is 19.1 Å². The fraction of sp³-hybridized carbons (Fsp3) is 0.556. The maximum atomic E-state index is 12.3. The summed E-state index contributed by atoms with van der Waals surface area (Å²) < 4.78 is 29.8. The van der Waals surface area contributed by atoms with Gasteiger partial charge in [0.25, 0.3) is 6.43 Å². The van der Waals surface area contributed by atoms with Crippen LogP contribution in [0.4, 0.5) is 8.78 Å². The van der Waals surface area contributed by atoms with Crippen LogP contribution in [0.5, 0.6) is 0 Å². The third-order valence-corrected chi connectivity index (χ3v) is 1.85. The number of rotatable bonds is 3. The quantitative estimate of drug-likeness (QED) is 0.790. The van der Waals surface area contributed by atoms with Crippen LogP contribution >= 0.6 is 0 Å². The molecule has 2 N–H and O–H groups in total. The highest BCUT2D eigenvalue weighted by Gasteiger charge is 2.31. The minimum atomic E-state index is -2.54. The third-order valence-electron chi connectivity index (χ3n) is 1.85. The van der Waals surface area contributed by atoms with Gasteiger partial charge in [0.1, 0.15) is 11.5 Å². The first-order chi connectivity index (χ1) is 5.92. The molecule has 0 aromatic carbocycles. The largest absolute Gasteiger partial charge is 0.466 e. The highest BCUT2D eigenvalue weighted by molar-refractivity contribution is 5.09. The monoisotopic (exact) mass is 189 g/mol. The molecule has 0 fully saturated rings. The Kier molecular flexibility index (Phi) is 2.71. The molecule has 1 unspecified atom stereocenters. The zero-order chi connectivity index (χ0) is 10.1. The van der Waals surface area contributed by atoms with Crippen molar-refractivity contribution >= 4 is 0 Å². The van der Waals surface area contributed by atoms with Crippen molar-refractivity contribution in [3.05, 3.63) is 23.7 Å². The van der Waals surface area contributed by atoms with Crippen LogP contribution in [0.1, 0.15) is 18.4 Å². The van der Waals surface area contributed by atoms with Crippen molar-refractivity contribution in [1.29, 1.82) is 0 Å². The first-order valence-corrected chi connectivity index (χ1v) is 4.04. The minimum Gasteiger partial charge on any atom is -0.466 e. The van der Waals surface area contributed by atoms with Gasteiger partial charge in [0.05, 0.1) is 5.54 Å². The molecule has 4 heteroatoms. The molecule has 0 aliphatic heterocycles. The zero-order valence-electron chi connectivity index (χ0n) is 7.68. The van der Waals surface area contributed by atoms with Gasteiger partial charge in [0.15, 0.2) is 0 Å². The maximum Gasteiger partial charge on any atom is 0.256 e. The molecule has 0 aliphatic rings. The van der Waals surface area contributed by atoms with E-state index in [1.165, 1.54) is 6.92 Å². The summed E-state index contributed by atoms with van der Waals surface area (Å²) in [6.45, 7) is 3.08. The molecule has 1 atom stereocenters. The smallest absolute Gasteiger partial charge is 0.256 e. The Balaban J connectivity index is 2.68. The van der Waals surface area contributed by atoms with Crippen LogP contribution in [0.2, 0.25) is 0 Å². The second kappa shape index (κ2) is 3.46. The SMILES string of the molecule is Cc1ccc(CC(C)(N)C(F)F)o1. The van der Waals surface area contributed by atoms with E-state index in [4.69, 9.17) is 10.2 Å². The molecule has 1 rings (SSSR count). The van der Waals surface area contributed by atoms with Gasteiger partial charge in [-0.2, -0.15) is 0 Å². The number of aryl methyl sites for hydroxylation is 1. The summed E-state index contributed by atoms with van der Waals surface area (Å²) in [6.07, 6.45) is -2.49. The van der Waals surface area contributed by atoms with Crippen molar-refractivity contribution in [3.8, 4) is 0 Å². The van der Waals surface area contributed by atoms with Crippen molar-refractivity contribution in [2.45, 2.75) is 32.2 Å². The highest BCUT2D eigenvalue weighted by atomic mass is 19.3. The Morgan fingerprint density at radius 3 is 2.54 bits per heavy atom. The van der Waals surface area contributed by atoms with Gasteiger partial charge in [0, 0.05) is 6.42 Å². The summed E-state index contributed by atoms with van der Waals surface area (Å²) in [6, 6.07) is 3.40. The minimum absolute atomic E-state index is 0.0541. The normalized spacial score (nSPS) is 16.2. The molecule has 13 heavy (non-hydrogen) atoms. The Morgan fingerprint density at radius 1 is 1.54 bits per heavy atom. The van der Waals surface area contributed by atoms with Crippen LogP contribution in [0.25, 0.3) is 0 Å². The molecule has 0 saturated carbocycles. The van der Waals surface area contributed by atoms with Gasteiger partial charge in [-0.15, -0.1) is 0 Å². The molecule has 0 saturated heterocycles. The summed E-state index contributed by atoms with van der Waals surface area (Å²) in [4.78, 5) is 0. The maximum absolute atomic E-state index is 12.3. The zero-order valence-corrected chi connectivity index (χ0v) is 7.68. The number of hydrogen-bond donors (Lipinski definition) is 1. The summed E-state index contributed by atoms with van der Waals surface area (Å²) in [5, 5.41) is 0. The van der Waals surface area contributed by atoms with Crippen LogP contribution in [0.15, 0.2) is 16.5 Å². The summed E-state index contributed by atoms with van der Waals surface area (Å²) in [7, 11) is 0. The van der Waals surface area contributed by atoms with Crippen molar-refractivity contribution < 1.29 is 13.2 Å². The van der Waals surface area contributed by atoms with E-state index in [0.29, 0.717) is 11.5 Å². The summed E-state index contributed by atoms with van der Waals surface area (Å²) >= 11 is 0. The molecule has 0 bridgehead atoms. The lowest BCUT2D eigenvalue weighted by molar-refractivity contribution is 0.0609. The first kappa shape index (κ1) is 10.2. The number of furan rings is 1. The van der Waals surface area contributed by atoms with Crippen LogP contribution in [0.3, 0.4) is 0 Å². The van der Waals surface area contributed by atoms with E-state index in [2.05, 4.69) is 0 Å². The van der Waals surface area contributed by atoms with E-state index in [9.17, 15) is 8.78 Å². The molecule has 2 nitrogen and oxygen atoms in total. The lowest BCUT2D eigenvalue weighted by atomic mass is 9.99. The molecule has 1 aromatic rings. The Hall–Kier alpha value is -0.900. The highest BCUT2D eigenvalue weighted by Crippen LogP contribution is 2.19. The van der Waals surface area contributed by atoms with Gasteiger partial charge < -0.3 is 10.2 Å². The van der Waals surface area contributed by atoms with Crippen molar-refractivity contribution in [2.24, 2.45) is 5.73 Å². The average molecular weight is 189 g/mol. The second-order valence-electron chi connectivity index (χ2n) is 3.50. The Morgan fingerprint density at radius 2 is 2.15 bits per heavy atom. The molecule has 0 radical (unpaired) electrons. The van der Waals surface area contributed by atoms with E-state index in [1.807, 2.05) is 0 Å². The molecule has 0 spiro atoms. The van der Waals surface area contributed by atoms with Crippen molar-refractivity contribution in [1.82, 2.24) is 0 Å². The Labute approximate surface area is 75.7 Å². The lowest BCUT2D eigenvalue weighted by Crippen LogP contribution is -2.45. The third kappa shape index (κ3) is 2.52. The van der Waals surface area contributed by atoms with Crippen molar-refractivity contribution in [3.63, 3.8) is 0 Å². The van der Waals surface area contributed by atoms with E-state index >= 15 is 0 Å². The topological polar surface area (TPSA) is 39.2 Å². The molecule has 0 amide bonds. The molecular formula is C9H13F2NO. The first-order valence-electron chi connectivity index (χ1n) is 4.04. The number of alkyl halides is 2. The van der Waals surface area contributed by atoms with Crippen molar-refractivity contribution in [2.75, 3.05) is 0 Å². The van der Waals surface area contributed by atoms with Gasteiger partial charge in [-0.3, -0.25) is 0 Å². The predicted molar refractivity (Wildman–Crippen MR) is 45.7 cm³/mol. The fourth-order valence-electron chi connectivity index (χ4n) is 1.03. The van der Waals surface area contributed by atoms with E-state index < -0.39 is 12.0 Å². The molecule has 0 aliphatic carbocycles.